The molecule has 1 aliphatic carbocycles. The summed E-state index contributed by atoms with van der Waals surface area (Å²) < 4.78 is 5.58. The van der Waals surface area contributed by atoms with E-state index in [0.29, 0.717) is 11.8 Å². The molecule has 0 atom stereocenters. The van der Waals surface area contributed by atoms with Crippen LogP contribution in [-0.4, -0.2) is 17.0 Å². The fourth-order valence-electron chi connectivity index (χ4n) is 1.18. The van der Waals surface area contributed by atoms with Gasteiger partial charge in [0.25, 0.3) is 5.91 Å². The molecule has 1 amide bonds. The van der Waals surface area contributed by atoms with Crippen molar-refractivity contribution in [2.45, 2.75) is 25.9 Å². The van der Waals surface area contributed by atoms with Crippen LogP contribution in [0.2, 0.25) is 0 Å². The van der Waals surface area contributed by atoms with Crippen LogP contribution in [0.4, 0.5) is 0 Å². The van der Waals surface area contributed by atoms with E-state index in [2.05, 4.69) is 4.98 Å². The average molecular weight is 192 g/mol. The number of carbonyl (C=O) groups is 1. The molecular weight excluding hydrogens is 180 g/mol. The van der Waals surface area contributed by atoms with Crippen molar-refractivity contribution in [1.82, 2.24) is 4.98 Å². The largest absolute Gasteiger partial charge is 0.489 e. The van der Waals surface area contributed by atoms with Crippen molar-refractivity contribution >= 4 is 5.91 Å². The monoisotopic (exact) mass is 192 g/mol. The number of carbonyl (C=O) groups excluding carboxylic acids is 1. The van der Waals surface area contributed by atoms with Crippen LogP contribution < -0.4 is 10.5 Å². The van der Waals surface area contributed by atoms with Crippen molar-refractivity contribution in [3.63, 3.8) is 0 Å². The van der Waals surface area contributed by atoms with Crippen molar-refractivity contribution in [3.05, 3.63) is 23.5 Å². The van der Waals surface area contributed by atoms with Gasteiger partial charge in [0.1, 0.15) is 11.4 Å². The van der Waals surface area contributed by atoms with Gasteiger partial charge in [-0.2, -0.15) is 0 Å². The van der Waals surface area contributed by atoms with Gasteiger partial charge in [-0.15, -0.1) is 0 Å². The van der Waals surface area contributed by atoms with Gasteiger partial charge in [0.05, 0.1) is 11.8 Å². The van der Waals surface area contributed by atoms with Crippen LogP contribution >= 0.6 is 0 Å². The Kier molecular flexibility index (Phi) is 2.11. The smallest absolute Gasteiger partial charge is 0.267 e. The second-order valence-corrected chi connectivity index (χ2v) is 3.46. The molecule has 74 valence electrons. The van der Waals surface area contributed by atoms with Crippen LogP contribution in [0.3, 0.4) is 0 Å². The number of primary amides is 1. The van der Waals surface area contributed by atoms with Gasteiger partial charge in [-0.3, -0.25) is 4.79 Å². The summed E-state index contributed by atoms with van der Waals surface area (Å²) in [4.78, 5) is 14.9. The maximum atomic E-state index is 10.8. The molecule has 0 unspecified atom stereocenters. The number of aromatic nitrogens is 1. The van der Waals surface area contributed by atoms with E-state index < -0.39 is 5.91 Å². The Hall–Kier alpha value is -1.58. The minimum Gasteiger partial charge on any atom is -0.489 e. The van der Waals surface area contributed by atoms with Crippen molar-refractivity contribution in [2.24, 2.45) is 5.73 Å². The maximum Gasteiger partial charge on any atom is 0.267 e. The SMILES string of the molecule is Cc1nc(C(N)=O)ccc1OC1CC1. The van der Waals surface area contributed by atoms with E-state index in [-0.39, 0.29) is 5.69 Å². The van der Waals surface area contributed by atoms with E-state index in [9.17, 15) is 4.79 Å². The highest BCUT2D eigenvalue weighted by atomic mass is 16.5. The number of hydrogen-bond donors (Lipinski definition) is 1. The number of hydrogen-bond acceptors (Lipinski definition) is 3. The zero-order valence-corrected chi connectivity index (χ0v) is 7.99. The van der Waals surface area contributed by atoms with Gasteiger partial charge in [-0.05, 0) is 31.9 Å². The molecule has 2 N–H and O–H groups in total. The summed E-state index contributed by atoms with van der Waals surface area (Å²) >= 11 is 0. The number of pyridine rings is 1. The van der Waals surface area contributed by atoms with E-state index in [1.54, 1.807) is 12.1 Å². The number of nitrogens with two attached hydrogens (primary N) is 1. The number of ether oxygens (including phenoxy) is 1. The molecule has 1 aromatic heterocycles. The van der Waals surface area contributed by atoms with Crippen LogP contribution in [0.25, 0.3) is 0 Å². The van der Waals surface area contributed by atoms with Crippen molar-refractivity contribution < 1.29 is 9.53 Å². The fraction of sp³-hybridized carbons (Fsp3) is 0.400. The van der Waals surface area contributed by atoms with E-state index in [0.717, 1.165) is 18.6 Å². The Labute approximate surface area is 82.1 Å². The Morgan fingerprint density at radius 2 is 2.29 bits per heavy atom. The number of rotatable bonds is 3. The van der Waals surface area contributed by atoms with Gasteiger partial charge in [-0.25, -0.2) is 4.98 Å². The molecule has 1 heterocycles. The maximum absolute atomic E-state index is 10.8. The zero-order chi connectivity index (χ0) is 10.1. The highest BCUT2D eigenvalue weighted by Crippen LogP contribution is 2.28. The van der Waals surface area contributed by atoms with Gasteiger partial charge in [0, 0.05) is 0 Å². The molecule has 1 aliphatic rings. The zero-order valence-electron chi connectivity index (χ0n) is 7.99. The lowest BCUT2D eigenvalue weighted by Crippen LogP contribution is -2.13. The lowest BCUT2D eigenvalue weighted by atomic mass is 10.3. The lowest BCUT2D eigenvalue weighted by molar-refractivity contribution is 0.0995. The van der Waals surface area contributed by atoms with Crippen LogP contribution in [0.5, 0.6) is 5.75 Å². The summed E-state index contributed by atoms with van der Waals surface area (Å²) in [5.74, 6) is 0.239. The first-order chi connectivity index (χ1) is 6.66. The molecule has 0 aliphatic heterocycles. The highest BCUT2D eigenvalue weighted by Gasteiger charge is 2.24. The van der Waals surface area contributed by atoms with Crippen molar-refractivity contribution in [1.29, 1.82) is 0 Å². The summed E-state index contributed by atoms with van der Waals surface area (Å²) in [5, 5.41) is 0. The topological polar surface area (TPSA) is 65.2 Å². The Bertz CT molecular complexity index is 372. The van der Waals surface area contributed by atoms with E-state index in [1.807, 2.05) is 6.92 Å². The standard InChI is InChI=1S/C10H12N2O2/c1-6-9(14-7-2-3-7)5-4-8(12-6)10(11)13/h4-5,7H,2-3H2,1H3,(H2,11,13). The minimum atomic E-state index is -0.508. The highest BCUT2D eigenvalue weighted by molar-refractivity contribution is 5.90. The molecule has 1 aromatic rings. The molecule has 2 rings (SSSR count). The average Bonchev–Trinajstić information content (AvgIpc) is 2.92. The molecule has 0 bridgehead atoms. The van der Waals surface area contributed by atoms with Crippen molar-refractivity contribution in [3.8, 4) is 5.75 Å². The normalized spacial score (nSPS) is 15.2. The van der Waals surface area contributed by atoms with Crippen LogP contribution in [0.15, 0.2) is 12.1 Å². The molecule has 1 fully saturated rings. The predicted octanol–water partition coefficient (Wildman–Crippen LogP) is 1.03. The number of amides is 1. The molecule has 0 radical (unpaired) electrons. The van der Waals surface area contributed by atoms with Gasteiger partial charge >= 0.3 is 0 Å². The van der Waals surface area contributed by atoms with E-state index >= 15 is 0 Å². The summed E-state index contributed by atoms with van der Waals surface area (Å²) in [5.41, 5.74) is 6.10. The summed E-state index contributed by atoms with van der Waals surface area (Å²) in [6.07, 6.45) is 2.56. The summed E-state index contributed by atoms with van der Waals surface area (Å²) in [6.45, 7) is 1.81. The molecule has 0 saturated heterocycles. The third kappa shape index (κ3) is 1.84. The Morgan fingerprint density at radius 3 is 2.79 bits per heavy atom. The van der Waals surface area contributed by atoms with E-state index in [4.69, 9.17) is 10.5 Å². The summed E-state index contributed by atoms with van der Waals surface area (Å²) in [7, 11) is 0. The second-order valence-electron chi connectivity index (χ2n) is 3.46. The lowest BCUT2D eigenvalue weighted by Gasteiger charge is -2.07. The molecular formula is C10H12N2O2. The third-order valence-corrected chi connectivity index (χ3v) is 2.11. The second kappa shape index (κ2) is 3.29. The fourth-order valence-corrected chi connectivity index (χ4v) is 1.18. The molecule has 14 heavy (non-hydrogen) atoms. The molecule has 4 heteroatoms. The van der Waals surface area contributed by atoms with Crippen LogP contribution in [0.1, 0.15) is 29.0 Å². The van der Waals surface area contributed by atoms with Gasteiger partial charge < -0.3 is 10.5 Å². The third-order valence-electron chi connectivity index (χ3n) is 2.11. The van der Waals surface area contributed by atoms with Crippen LogP contribution in [0, 0.1) is 6.92 Å². The molecule has 4 nitrogen and oxygen atoms in total. The number of nitrogens with zero attached hydrogens (tertiary/aromatic N) is 1. The first kappa shape index (κ1) is 8.99. The minimum absolute atomic E-state index is 0.283. The molecule has 1 saturated carbocycles. The first-order valence-corrected chi connectivity index (χ1v) is 4.61. The molecule has 0 aromatic carbocycles. The van der Waals surface area contributed by atoms with E-state index in [1.165, 1.54) is 0 Å². The van der Waals surface area contributed by atoms with Gasteiger partial charge in [-0.1, -0.05) is 0 Å². The van der Waals surface area contributed by atoms with Crippen LogP contribution in [-0.2, 0) is 0 Å². The van der Waals surface area contributed by atoms with Gasteiger partial charge in [0.2, 0.25) is 0 Å². The number of aryl methyl sites for hydroxylation is 1. The molecule has 0 spiro atoms. The van der Waals surface area contributed by atoms with Gasteiger partial charge in [0.15, 0.2) is 0 Å². The quantitative estimate of drug-likeness (QED) is 0.777. The Morgan fingerprint density at radius 1 is 1.57 bits per heavy atom. The first-order valence-electron chi connectivity index (χ1n) is 4.61. The Balaban J connectivity index is 2.21. The summed E-state index contributed by atoms with van der Waals surface area (Å²) in [6, 6.07) is 3.34. The van der Waals surface area contributed by atoms with Crippen molar-refractivity contribution in [2.75, 3.05) is 0 Å². The predicted molar refractivity (Wildman–Crippen MR) is 51.1 cm³/mol.